The molecule has 3 nitrogen and oxygen atoms in total. The molecule has 1 fully saturated rings. The summed E-state index contributed by atoms with van der Waals surface area (Å²) in [5, 5.41) is 10.4. The van der Waals surface area contributed by atoms with Gasteiger partial charge in [0, 0.05) is 13.0 Å². The van der Waals surface area contributed by atoms with Gasteiger partial charge in [-0.3, -0.25) is 0 Å². The van der Waals surface area contributed by atoms with Crippen LogP contribution in [0.5, 0.6) is 0 Å². The average Bonchev–Trinajstić information content (AvgIpc) is 2.43. The van der Waals surface area contributed by atoms with E-state index in [1.54, 1.807) is 7.11 Å². The molecular weight excluding hydrogens is 252 g/mol. The Kier molecular flexibility index (Phi) is 8.74. The van der Waals surface area contributed by atoms with Crippen molar-refractivity contribution in [2.24, 2.45) is 11.8 Å². The van der Waals surface area contributed by atoms with Crippen molar-refractivity contribution in [1.82, 2.24) is 0 Å². The van der Waals surface area contributed by atoms with Crippen molar-refractivity contribution in [2.75, 3.05) is 13.7 Å². The van der Waals surface area contributed by atoms with Crippen LogP contribution in [0.3, 0.4) is 0 Å². The van der Waals surface area contributed by atoms with E-state index in [4.69, 9.17) is 9.47 Å². The lowest BCUT2D eigenvalue weighted by atomic mass is 9.85. The van der Waals surface area contributed by atoms with E-state index in [0.29, 0.717) is 12.5 Å². The summed E-state index contributed by atoms with van der Waals surface area (Å²) in [4.78, 5) is 0. The molecule has 0 spiro atoms. The molecule has 0 bridgehead atoms. The molecule has 120 valence electrons. The van der Waals surface area contributed by atoms with Crippen LogP contribution in [0.2, 0.25) is 0 Å². The first kappa shape index (κ1) is 17.9. The third-order valence-corrected chi connectivity index (χ3v) is 4.63. The Balaban J connectivity index is 2.26. The smallest absolute Gasteiger partial charge is 0.107 e. The largest absolute Gasteiger partial charge is 0.388 e. The van der Waals surface area contributed by atoms with Gasteiger partial charge in [-0.1, -0.05) is 59.3 Å². The van der Waals surface area contributed by atoms with Crippen molar-refractivity contribution in [3.05, 3.63) is 0 Å². The normalized spacial score (nSPS) is 32.2. The highest BCUT2D eigenvalue weighted by molar-refractivity contribution is 4.88. The Morgan fingerprint density at radius 1 is 1.20 bits per heavy atom. The Labute approximate surface area is 125 Å². The van der Waals surface area contributed by atoms with E-state index < -0.39 is 6.10 Å². The minimum absolute atomic E-state index is 0.0632. The minimum atomic E-state index is -0.487. The van der Waals surface area contributed by atoms with Gasteiger partial charge in [0.25, 0.3) is 0 Å². The highest BCUT2D eigenvalue weighted by atomic mass is 16.5. The van der Waals surface area contributed by atoms with E-state index >= 15 is 0 Å². The van der Waals surface area contributed by atoms with Crippen molar-refractivity contribution >= 4 is 0 Å². The van der Waals surface area contributed by atoms with Gasteiger partial charge in [-0.15, -0.1) is 0 Å². The van der Waals surface area contributed by atoms with Crippen molar-refractivity contribution in [1.29, 1.82) is 0 Å². The number of methoxy groups -OCH3 is 1. The Morgan fingerprint density at radius 3 is 2.50 bits per heavy atom. The second kappa shape index (κ2) is 9.75. The maximum Gasteiger partial charge on any atom is 0.107 e. The van der Waals surface area contributed by atoms with Crippen LogP contribution in [-0.2, 0) is 9.47 Å². The second-order valence-corrected chi connectivity index (χ2v) is 6.50. The van der Waals surface area contributed by atoms with Crippen molar-refractivity contribution in [2.45, 2.75) is 84.0 Å². The molecule has 0 aromatic carbocycles. The van der Waals surface area contributed by atoms with Gasteiger partial charge in [-0.05, 0) is 12.3 Å². The SMILES string of the molecule is CCCCCCCCC(C)C1OCC(C)C(OC)C1O. The summed E-state index contributed by atoms with van der Waals surface area (Å²) in [6.45, 7) is 7.22. The fourth-order valence-corrected chi connectivity index (χ4v) is 3.26. The highest BCUT2D eigenvalue weighted by Crippen LogP contribution is 2.29. The van der Waals surface area contributed by atoms with Crippen LogP contribution in [-0.4, -0.2) is 37.1 Å². The predicted octanol–water partition coefficient (Wildman–Crippen LogP) is 3.78. The molecule has 0 aromatic rings. The molecule has 0 aliphatic carbocycles. The van der Waals surface area contributed by atoms with Gasteiger partial charge in [0.15, 0.2) is 0 Å². The molecule has 5 atom stereocenters. The molecule has 1 aliphatic heterocycles. The zero-order valence-corrected chi connectivity index (χ0v) is 13.8. The first-order valence-corrected chi connectivity index (χ1v) is 8.44. The molecule has 0 aromatic heterocycles. The lowest BCUT2D eigenvalue weighted by molar-refractivity contribution is -0.184. The first-order chi connectivity index (χ1) is 9.61. The molecule has 0 radical (unpaired) electrons. The summed E-state index contributed by atoms with van der Waals surface area (Å²) in [6, 6.07) is 0. The van der Waals surface area contributed by atoms with Gasteiger partial charge in [0.2, 0.25) is 0 Å². The molecular formula is C17H34O3. The lowest BCUT2D eigenvalue weighted by Crippen LogP contribution is -2.52. The third-order valence-electron chi connectivity index (χ3n) is 4.63. The van der Waals surface area contributed by atoms with Crippen LogP contribution in [0, 0.1) is 11.8 Å². The zero-order valence-electron chi connectivity index (χ0n) is 13.8. The highest BCUT2D eigenvalue weighted by Gasteiger charge is 2.39. The Hall–Kier alpha value is -0.120. The van der Waals surface area contributed by atoms with E-state index in [9.17, 15) is 5.11 Å². The van der Waals surface area contributed by atoms with Crippen LogP contribution < -0.4 is 0 Å². The summed E-state index contributed by atoms with van der Waals surface area (Å²) in [7, 11) is 1.69. The van der Waals surface area contributed by atoms with Gasteiger partial charge >= 0.3 is 0 Å². The quantitative estimate of drug-likeness (QED) is 0.656. The van der Waals surface area contributed by atoms with E-state index in [-0.39, 0.29) is 18.1 Å². The second-order valence-electron chi connectivity index (χ2n) is 6.50. The summed E-state index contributed by atoms with van der Waals surface area (Å²) in [6.07, 6.45) is 8.40. The fraction of sp³-hybridized carbons (Fsp3) is 1.00. The molecule has 1 aliphatic rings. The summed E-state index contributed by atoms with van der Waals surface area (Å²) < 4.78 is 11.3. The summed E-state index contributed by atoms with van der Waals surface area (Å²) in [5.74, 6) is 0.675. The molecule has 5 unspecified atom stereocenters. The maximum absolute atomic E-state index is 10.4. The van der Waals surface area contributed by atoms with Gasteiger partial charge in [-0.2, -0.15) is 0 Å². The maximum atomic E-state index is 10.4. The molecule has 0 saturated carbocycles. The topological polar surface area (TPSA) is 38.7 Å². The number of hydrogen-bond donors (Lipinski definition) is 1. The van der Waals surface area contributed by atoms with E-state index in [1.165, 1.54) is 38.5 Å². The monoisotopic (exact) mass is 286 g/mol. The molecule has 1 N–H and O–H groups in total. The number of aliphatic hydroxyl groups excluding tert-OH is 1. The van der Waals surface area contributed by atoms with E-state index in [0.717, 1.165) is 6.42 Å². The predicted molar refractivity (Wildman–Crippen MR) is 82.9 cm³/mol. The summed E-state index contributed by atoms with van der Waals surface area (Å²) in [5.41, 5.74) is 0. The first-order valence-electron chi connectivity index (χ1n) is 8.44. The zero-order chi connectivity index (χ0) is 15.0. The Bertz CT molecular complexity index is 244. The molecule has 1 saturated heterocycles. The third kappa shape index (κ3) is 5.34. The van der Waals surface area contributed by atoms with Crippen molar-refractivity contribution in [3.63, 3.8) is 0 Å². The molecule has 1 rings (SSSR count). The van der Waals surface area contributed by atoms with Crippen LogP contribution >= 0.6 is 0 Å². The molecule has 3 heteroatoms. The van der Waals surface area contributed by atoms with E-state index in [2.05, 4.69) is 20.8 Å². The van der Waals surface area contributed by atoms with Crippen LogP contribution in [0.4, 0.5) is 0 Å². The van der Waals surface area contributed by atoms with Crippen LogP contribution in [0.25, 0.3) is 0 Å². The Morgan fingerprint density at radius 2 is 1.85 bits per heavy atom. The lowest BCUT2D eigenvalue weighted by Gasteiger charge is -2.40. The molecule has 20 heavy (non-hydrogen) atoms. The molecule has 0 amide bonds. The number of rotatable bonds is 9. The standard InChI is InChI=1S/C17H34O3/c1-5-6-7-8-9-10-11-13(2)17-15(18)16(19-4)14(3)12-20-17/h13-18H,5-12H2,1-4H3. The van der Waals surface area contributed by atoms with Crippen LogP contribution in [0.15, 0.2) is 0 Å². The number of hydrogen-bond acceptors (Lipinski definition) is 3. The van der Waals surface area contributed by atoms with Gasteiger partial charge in [0.1, 0.15) is 6.10 Å². The fourth-order valence-electron chi connectivity index (χ4n) is 3.26. The minimum Gasteiger partial charge on any atom is -0.388 e. The number of unbranched alkanes of at least 4 members (excludes halogenated alkanes) is 5. The van der Waals surface area contributed by atoms with Crippen molar-refractivity contribution in [3.8, 4) is 0 Å². The van der Waals surface area contributed by atoms with Gasteiger partial charge in [-0.25, -0.2) is 0 Å². The number of aliphatic hydroxyl groups is 1. The number of ether oxygens (including phenoxy) is 2. The van der Waals surface area contributed by atoms with Gasteiger partial charge < -0.3 is 14.6 Å². The van der Waals surface area contributed by atoms with Crippen LogP contribution in [0.1, 0.15) is 65.7 Å². The average molecular weight is 286 g/mol. The van der Waals surface area contributed by atoms with Crippen molar-refractivity contribution < 1.29 is 14.6 Å². The van der Waals surface area contributed by atoms with Gasteiger partial charge in [0.05, 0.1) is 18.8 Å². The van der Waals surface area contributed by atoms with E-state index in [1.807, 2.05) is 0 Å². The summed E-state index contributed by atoms with van der Waals surface area (Å²) >= 11 is 0. The molecule has 1 heterocycles.